The predicted octanol–water partition coefficient (Wildman–Crippen LogP) is -0.173. The lowest BCUT2D eigenvalue weighted by molar-refractivity contribution is -0.0724. The van der Waals surface area contributed by atoms with Crippen LogP contribution in [0.5, 0.6) is 0 Å². The molecular formula is C15H17N3O5S. The number of hydrogen-bond acceptors (Lipinski definition) is 7. The maximum atomic E-state index is 11.8. The van der Waals surface area contributed by atoms with Gasteiger partial charge in [0.25, 0.3) is 5.56 Å². The van der Waals surface area contributed by atoms with Crippen LogP contribution < -0.4 is 5.56 Å². The van der Waals surface area contributed by atoms with Crippen molar-refractivity contribution in [1.29, 1.82) is 5.26 Å². The summed E-state index contributed by atoms with van der Waals surface area (Å²) in [4.78, 5) is 14.3. The minimum absolute atomic E-state index is 0.0753. The number of hydrogen-bond donors (Lipinski definition) is 3. The highest BCUT2D eigenvalue weighted by atomic mass is 32.1. The van der Waals surface area contributed by atoms with E-state index in [0.29, 0.717) is 0 Å². The average molecular weight is 351 g/mol. The lowest BCUT2D eigenvalue weighted by Crippen LogP contribution is -2.36. The van der Waals surface area contributed by atoms with Crippen LogP contribution >= 0.6 is 12.2 Å². The second-order valence-electron chi connectivity index (χ2n) is 5.07. The molecule has 0 amide bonds. The summed E-state index contributed by atoms with van der Waals surface area (Å²) in [7, 11) is 0. The molecule has 1 aliphatic heterocycles. The van der Waals surface area contributed by atoms with Crippen LogP contribution in [0, 0.1) is 27.9 Å². The third-order valence-electron chi connectivity index (χ3n) is 3.52. The Morgan fingerprint density at radius 2 is 2.33 bits per heavy atom. The summed E-state index contributed by atoms with van der Waals surface area (Å²) < 4.78 is 12.7. The van der Waals surface area contributed by atoms with Crippen LogP contribution in [-0.2, 0) is 9.47 Å². The maximum absolute atomic E-state index is 11.8. The first-order valence-electron chi connectivity index (χ1n) is 7.24. The van der Waals surface area contributed by atoms with E-state index in [0.717, 1.165) is 0 Å². The second-order valence-corrected chi connectivity index (χ2v) is 5.45. The smallest absolute Gasteiger partial charge is 0.267 e. The van der Waals surface area contributed by atoms with Crippen LogP contribution in [0.1, 0.15) is 25.1 Å². The van der Waals surface area contributed by atoms with Gasteiger partial charge in [-0.25, -0.2) is 0 Å². The van der Waals surface area contributed by atoms with Gasteiger partial charge < -0.3 is 19.7 Å². The van der Waals surface area contributed by atoms with Gasteiger partial charge in [0.15, 0.2) is 11.0 Å². The fourth-order valence-corrected chi connectivity index (χ4v) is 2.66. The number of ether oxygens (including phenoxy) is 2. The van der Waals surface area contributed by atoms with Gasteiger partial charge in [-0.05, 0) is 19.1 Å². The minimum Gasteiger partial charge on any atom is -0.394 e. The predicted molar refractivity (Wildman–Crippen MR) is 85.4 cm³/mol. The highest BCUT2D eigenvalue weighted by molar-refractivity contribution is 7.71. The number of H-pyrrole nitrogens is 1. The number of nitrogens with one attached hydrogen (secondary N) is 1. The average Bonchev–Trinajstić information content (AvgIpc) is 2.87. The van der Waals surface area contributed by atoms with Gasteiger partial charge in [0.1, 0.15) is 23.9 Å². The fourth-order valence-electron chi connectivity index (χ4n) is 2.41. The summed E-state index contributed by atoms with van der Waals surface area (Å²) in [5.74, 6) is 5.29. The van der Waals surface area contributed by atoms with Crippen LogP contribution in [0.25, 0.3) is 0 Å². The summed E-state index contributed by atoms with van der Waals surface area (Å²) in [6, 6.07) is 1.94. The Bertz CT molecular complexity index is 800. The standard InChI is InChI=1S/C15H17N3O5S/c1-2-4-9-7-18(15(24)17-13(9)21)14-12(22-6-3-5-16)11(20)10(8-19)23-14/h7,10-12,14,19-20H,3,6,8H2,1H3,(H,17,21,24)/t10-,11-,12-,14-/m1/s1. The van der Waals surface area contributed by atoms with Crippen molar-refractivity contribution in [3.63, 3.8) is 0 Å². The summed E-state index contributed by atoms with van der Waals surface area (Å²) in [6.07, 6.45) is -2.11. The van der Waals surface area contributed by atoms with Gasteiger partial charge in [0.2, 0.25) is 0 Å². The Hall–Kier alpha value is -2.01. The summed E-state index contributed by atoms with van der Waals surface area (Å²) in [5.41, 5.74) is -0.239. The molecule has 8 nitrogen and oxygen atoms in total. The molecule has 1 fully saturated rings. The topological polar surface area (TPSA) is 120 Å². The lowest BCUT2D eigenvalue weighted by Gasteiger charge is -2.22. The molecule has 0 spiro atoms. The molecule has 1 aliphatic rings. The zero-order valence-corrected chi connectivity index (χ0v) is 13.7. The molecule has 2 rings (SSSR count). The zero-order chi connectivity index (χ0) is 17.7. The number of aliphatic hydroxyl groups is 2. The van der Waals surface area contributed by atoms with Crippen molar-refractivity contribution in [3.8, 4) is 17.9 Å². The molecule has 1 saturated heterocycles. The van der Waals surface area contributed by atoms with Gasteiger partial charge in [-0.15, -0.1) is 5.92 Å². The van der Waals surface area contributed by atoms with E-state index in [4.69, 9.17) is 27.0 Å². The quantitative estimate of drug-likeness (QED) is 0.382. The van der Waals surface area contributed by atoms with E-state index in [1.165, 1.54) is 10.8 Å². The number of rotatable bonds is 5. The van der Waals surface area contributed by atoms with Crippen LogP contribution in [0.3, 0.4) is 0 Å². The van der Waals surface area contributed by atoms with Crippen molar-refractivity contribution in [2.75, 3.05) is 13.2 Å². The Morgan fingerprint density at radius 3 is 2.96 bits per heavy atom. The molecular weight excluding hydrogens is 334 g/mol. The minimum atomic E-state index is -1.10. The third-order valence-corrected chi connectivity index (χ3v) is 3.83. The molecule has 4 atom stereocenters. The molecule has 24 heavy (non-hydrogen) atoms. The normalized spacial score (nSPS) is 25.8. The number of aromatic nitrogens is 2. The van der Waals surface area contributed by atoms with E-state index >= 15 is 0 Å². The number of nitrogens with zero attached hydrogens (tertiary/aromatic N) is 2. The number of aliphatic hydroxyl groups excluding tert-OH is 2. The molecule has 0 bridgehead atoms. The Balaban J connectivity index is 2.41. The molecule has 1 aromatic rings. The molecule has 9 heteroatoms. The van der Waals surface area contributed by atoms with E-state index in [1.807, 2.05) is 6.07 Å². The largest absolute Gasteiger partial charge is 0.394 e. The van der Waals surface area contributed by atoms with E-state index in [9.17, 15) is 15.0 Å². The Labute approximate surface area is 143 Å². The molecule has 0 unspecified atom stereocenters. The van der Waals surface area contributed by atoms with E-state index < -0.39 is 36.7 Å². The van der Waals surface area contributed by atoms with Crippen molar-refractivity contribution in [2.45, 2.75) is 37.9 Å². The first kappa shape index (κ1) is 18.3. The van der Waals surface area contributed by atoms with Gasteiger partial charge in [-0.2, -0.15) is 5.26 Å². The number of aromatic amines is 1. The first-order valence-corrected chi connectivity index (χ1v) is 7.65. The molecule has 1 aromatic heterocycles. The molecule has 0 aliphatic carbocycles. The molecule has 0 radical (unpaired) electrons. The highest BCUT2D eigenvalue weighted by Gasteiger charge is 2.45. The summed E-state index contributed by atoms with van der Waals surface area (Å²) >= 11 is 5.15. The highest BCUT2D eigenvalue weighted by Crippen LogP contribution is 2.31. The second kappa shape index (κ2) is 8.20. The van der Waals surface area contributed by atoms with Gasteiger partial charge in [-0.1, -0.05) is 5.92 Å². The monoisotopic (exact) mass is 351 g/mol. The van der Waals surface area contributed by atoms with Crippen LogP contribution in [0.15, 0.2) is 11.0 Å². The van der Waals surface area contributed by atoms with Crippen molar-refractivity contribution in [2.24, 2.45) is 0 Å². The van der Waals surface area contributed by atoms with E-state index in [-0.39, 0.29) is 23.4 Å². The SMILES string of the molecule is CC#Cc1cn([C@@H]2O[C@H](CO)[C@@H](O)[C@H]2OCCC#N)c(=S)[nH]c1=O. The summed E-state index contributed by atoms with van der Waals surface area (Å²) in [5, 5.41) is 28.2. The van der Waals surface area contributed by atoms with Crippen LogP contribution in [-0.4, -0.2) is 51.3 Å². The molecule has 2 heterocycles. The van der Waals surface area contributed by atoms with Crippen LogP contribution in [0.4, 0.5) is 0 Å². The van der Waals surface area contributed by atoms with Gasteiger partial charge in [-0.3, -0.25) is 14.3 Å². The van der Waals surface area contributed by atoms with Crippen LogP contribution in [0.2, 0.25) is 0 Å². The van der Waals surface area contributed by atoms with E-state index in [2.05, 4.69) is 16.8 Å². The van der Waals surface area contributed by atoms with Gasteiger partial charge >= 0.3 is 0 Å². The van der Waals surface area contributed by atoms with Crippen molar-refractivity contribution < 1.29 is 19.7 Å². The Kier molecular flexibility index (Phi) is 6.26. The first-order chi connectivity index (χ1) is 11.5. The molecule has 128 valence electrons. The third kappa shape index (κ3) is 3.73. The van der Waals surface area contributed by atoms with E-state index in [1.54, 1.807) is 6.92 Å². The summed E-state index contributed by atoms with van der Waals surface area (Å²) in [6.45, 7) is 1.28. The van der Waals surface area contributed by atoms with Crippen molar-refractivity contribution >= 4 is 12.2 Å². The fraction of sp³-hybridized carbons (Fsp3) is 0.533. The number of nitriles is 1. The lowest BCUT2D eigenvalue weighted by atomic mass is 10.1. The zero-order valence-electron chi connectivity index (χ0n) is 12.9. The maximum Gasteiger partial charge on any atom is 0.267 e. The van der Waals surface area contributed by atoms with Crippen molar-refractivity contribution in [1.82, 2.24) is 9.55 Å². The molecule has 0 aromatic carbocycles. The molecule has 3 N–H and O–H groups in total. The molecule has 0 saturated carbocycles. The van der Waals surface area contributed by atoms with Gasteiger partial charge in [0, 0.05) is 6.20 Å². The van der Waals surface area contributed by atoms with Gasteiger partial charge in [0.05, 0.1) is 25.7 Å². The Morgan fingerprint density at radius 1 is 1.58 bits per heavy atom. The van der Waals surface area contributed by atoms with Crippen molar-refractivity contribution in [3.05, 3.63) is 26.9 Å².